The highest BCUT2D eigenvalue weighted by atomic mass is 16.5. The average Bonchev–Trinajstić information content (AvgIpc) is 2.47. The van der Waals surface area contributed by atoms with Crippen LogP contribution in [0.25, 0.3) is 0 Å². The Morgan fingerprint density at radius 1 is 0.760 bits per heavy atom. The molecule has 0 aliphatic carbocycles. The summed E-state index contributed by atoms with van der Waals surface area (Å²) in [5, 5.41) is 26.5. The molecule has 0 aromatic rings. The van der Waals surface area contributed by atoms with Gasteiger partial charge in [-0.25, -0.2) is 0 Å². The summed E-state index contributed by atoms with van der Waals surface area (Å²) in [4.78, 5) is 46.6. The van der Waals surface area contributed by atoms with E-state index in [0.29, 0.717) is 0 Å². The van der Waals surface area contributed by atoms with Gasteiger partial charge in [0.15, 0.2) is 0 Å². The summed E-state index contributed by atoms with van der Waals surface area (Å²) < 4.78 is 5.02. The predicted molar refractivity (Wildman–Crippen MR) is 86.3 cm³/mol. The maximum absolute atomic E-state index is 11.7. The van der Waals surface area contributed by atoms with Crippen molar-refractivity contribution < 1.29 is 39.2 Å². The molecule has 0 aromatic heterocycles. The molecule has 0 saturated heterocycles. The number of esters is 1. The number of ether oxygens (including phenoxy) is 1. The minimum absolute atomic E-state index is 0.00497. The smallest absolute Gasteiger partial charge is 0.320 e. The summed E-state index contributed by atoms with van der Waals surface area (Å²) in [6.07, 6.45) is 2.63. The van der Waals surface area contributed by atoms with Gasteiger partial charge in [-0.15, -0.1) is 0 Å². The molecule has 0 atom stereocenters. The van der Waals surface area contributed by atoms with Crippen molar-refractivity contribution in [2.24, 2.45) is 0 Å². The molecular formula is C15H26N2O8. The van der Waals surface area contributed by atoms with Crippen LogP contribution in [-0.2, 0) is 23.9 Å². The van der Waals surface area contributed by atoms with E-state index in [9.17, 15) is 19.2 Å². The average molecular weight is 362 g/mol. The van der Waals surface area contributed by atoms with E-state index in [1.807, 2.05) is 6.92 Å². The Morgan fingerprint density at radius 3 is 1.60 bits per heavy atom. The summed E-state index contributed by atoms with van der Waals surface area (Å²) >= 11 is 0. The summed E-state index contributed by atoms with van der Waals surface area (Å²) in [5.41, 5.74) is 0. The van der Waals surface area contributed by atoms with Crippen LogP contribution in [0.4, 0.5) is 0 Å². The molecule has 0 saturated carbocycles. The van der Waals surface area contributed by atoms with E-state index in [0.717, 1.165) is 24.2 Å². The Kier molecular flexibility index (Phi) is 12.0. The molecule has 25 heavy (non-hydrogen) atoms. The molecule has 3 N–H and O–H groups in total. The lowest BCUT2D eigenvalue weighted by Crippen LogP contribution is -2.43. The van der Waals surface area contributed by atoms with Gasteiger partial charge in [0.25, 0.3) is 0 Å². The van der Waals surface area contributed by atoms with Gasteiger partial charge in [0, 0.05) is 13.1 Å². The van der Waals surface area contributed by atoms with Crippen molar-refractivity contribution in [3.63, 3.8) is 0 Å². The Morgan fingerprint density at radius 2 is 1.20 bits per heavy atom. The quantitative estimate of drug-likeness (QED) is 0.259. The van der Waals surface area contributed by atoms with Crippen LogP contribution in [0.1, 0.15) is 26.2 Å². The molecule has 10 nitrogen and oxygen atoms in total. The van der Waals surface area contributed by atoms with Crippen LogP contribution >= 0.6 is 0 Å². The maximum Gasteiger partial charge on any atom is 0.320 e. The minimum Gasteiger partial charge on any atom is -0.480 e. The fourth-order valence-electron chi connectivity index (χ4n) is 2.05. The number of carboxylic acids is 3. The lowest BCUT2D eigenvalue weighted by Gasteiger charge is -2.24. The van der Waals surface area contributed by atoms with Gasteiger partial charge < -0.3 is 20.1 Å². The summed E-state index contributed by atoms with van der Waals surface area (Å²) in [5.74, 6) is -4.11. The number of aliphatic carboxylic acids is 3. The highest BCUT2D eigenvalue weighted by molar-refractivity contribution is 5.74. The molecule has 0 bridgehead atoms. The fourth-order valence-corrected chi connectivity index (χ4v) is 2.05. The Labute approximate surface area is 146 Å². The van der Waals surface area contributed by atoms with Crippen LogP contribution < -0.4 is 0 Å². The number of carboxylic acid groups (broad SMARTS) is 3. The molecular weight excluding hydrogens is 336 g/mol. The zero-order valence-electron chi connectivity index (χ0n) is 14.3. The number of hydrogen-bond acceptors (Lipinski definition) is 7. The molecule has 0 rings (SSSR count). The standard InChI is InChI=1S/C15H26N2O8/c1-2-3-4-7-25-15(24)11-17(10-14(22)23)6-5-16(8-12(18)19)9-13(20)21/h2-11H2,1H3,(H,18,19)(H,20,21)(H,22,23). The predicted octanol–water partition coefficient (Wildman–Crippen LogP) is -0.422. The van der Waals surface area contributed by atoms with Gasteiger partial charge in [-0.2, -0.15) is 0 Å². The number of unbranched alkanes of at least 4 members (excludes halogenated alkanes) is 2. The summed E-state index contributed by atoms with van der Waals surface area (Å²) in [6, 6.07) is 0. The van der Waals surface area contributed by atoms with Crippen LogP contribution in [0.2, 0.25) is 0 Å². The van der Waals surface area contributed by atoms with E-state index < -0.39 is 43.5 Å². The van der Waals surface area contributed by atoms with Gasteiger partial charge in [0.1, 0.15) is 0 Å². The Bertz CT molecular complexity index is 439. The molecule has 0 amide bonds. The Balaban J connectivity index is 4.52. The summed E-state index contributed by atoms with van der Waals surface area (Å²) in [6.45, 7) is 0.619. The van der Waals surface area contributed by atoms with Crippen LogP contribution in [0.5, 0.6) is 0 Å². The van der Waals surface area contributed by atoms with Crippen molar-refractivity contribution in [2.75, 3.05) is 45.9 Å². The van der Waals surface area contributed by atoms with Crippen molar-refractivity contribution in [3.8, 4) is 0 Å². The van der Waals surface area contributed by atoms with Gasteiger partial charge in [0.2, 0.25) is 0 Å². The number of hydrogen-bond donors (Lipinski definition) is 3. The van der Waals surface area contributed by atoms with Gasteiger partial charge in [-0.1, -0.05) is 19.8 Å². The van der Waals surface area contributed by atoms with E-state index in [2.05, 4.69) is 0 Å². The highest BCUT2D eigenvalue weighted by Crippen LogP contribution is 1.98. The molecule has 10 heteroatoms. The molecule has 0 radical (unpaired) electrons. The number of rotatable bonds is 15. The van der Waals surface area contributed by atoms with Crippen molar-refractivity contribution in [1.29, 1.82) is 0 Å². The van der Waals surface area contributed by atoms with Crippen molar-refractivity contribution >= 4 is 23.9 Å². The van der Waals surface area contributed by atoms with E-state index in [1.54, 1.807) is 0 Å². The maximum atomic E-state index is 11.7. The van der Waals surface area contributed by atoms with E-state index >= 15 is 0 Å². The highest BCUT2D eigenvalue weighted by Gasteiger charge is 2.18. The first-order chi connectivity index (χ1) is 11.7. The molecule has 144 valence electrons. The number of carbonyl (C=O) groups is 4. The van der Waals surface area contributed by atoms with Crippen LogP contribution in [0, 0.1) is 0 Å². The monoisotopic (exact) mass is 362 g/mol. The van der Waals surface area contributed by atoms with Crippen molar-refractivity contribution in [1.82, 2.24) is 9.80 Å². The van der Waals surface area contributed by atoms with Crippen molar-refractivity contribution in [3.05, 3.63) is 0 Å². The number of nitrogens with zero attached hydrogens (tertiary/aromatic N) is 2. The molecule has 0 fully saturated rings. The molecule has 0 heterocycles. The molecule has 0 aliphatic heterocycles. The van der Waals surface area contributed by atoms with Gasteiger partial charge >= 0.3 is 23.9 Å². The van der Waals surface area contributed by atoms with Gasteiger partial charge in [-0.3, -0.25) is 29.0 Å². The normalized spacial score (nSPS) is 10.8. The third kappa shape index (κ3) is 13.9. The topological polar surface area (TPSA) is 145 Å². The van der Waals surface area contributed by atoms with Crippen LogP contribution in [-0.4, -0.2) is 94.9 Å². The van der Waals surface area contributed by atoms with Crippen LogP contribution in [0.3, 0.4) is 0 Å². The SMILES string of the molecule is CCCCCOC(=O)CN(CCN(CC(=O)O)CC(=O)O)CC(=O)O. The lowest BCUT2D eigenvalue weighted by atomic mass is 10.3. The third-order valence-electron chi connectivity index (χ3n) is 3.17. The molecule has 0 spiro atoms. The van der Waals surface area contributed by atoms with E-state index in [-0.39, 0.29) is 26.2 Å². The largest absolute Gasteiger partial charge is 0.480 e. The van der Waals surface area contributed by atoms with Crippen LogP contribution in [0.15, 0.2) is 0 Å². The zero-order valence-corrected chi connectivity index (χ0v) is 14.3. The first kappa shape index (κ1) is 22.8. The van der Waals surface area contributed by atoms with Gasteiger partial charge in [-0.05, 0) is 6.42 Å². The molecule has 0 aliphatic rings. The first-order valence-electron chi connectivity index (χ1n) is 8.00. The minimum atomic E-state index is -1.19. The molecule has 0 aromatic carbocycles. The first-order valence-corrected chi connectivity index (χ1v) is 8.00. The van der Waals surface area contributed by atoms with E-state index in [1.165, 1.54) is 4.90 Å². The Hall–Kier alpha value is -2.20. The van der Waals surface area contributed by atoms with Crippen molar-refractivity contribution in [2.45, 2.75) is 26.2 Å². The second-order valence-corrected chi connectivity index (χ2v) is 5.53. The summed E-state index contributed by atoms with van der Waals surface area (Å²) in [7, 11) is 0. The number of carbonyl (C=O) groups excluding carboxylic acids is 1. The lowest BCUT2D eigenvalue weighted by molar-refractivity contribution is -0.148. The van der Waals surface area contributed by atoms with Gasteiger partial charge in [0.05, 0.1) is 32.8 Å². The zero-order chi connectivity index (χ0) is 19.2. The second-order valence-electron chi connectivity index (χ2n) is 5.53. The second kappa shape index (κ2) is 13.1. The molecule has 0 unspecified atom stereocenters. The van der Waals surface area contributed by atoms with E-state index in [4.69, 9.17) is 20.1 Å². The fraction of sp³-hybridized carbons (Fsp3) is 0.733. The third-order valence-corrected chi connectivity index (χ3v) is 3.17.